The highest BCUT2D eigenvalue weighted by Crippen LogP contribution is 2.54. The van der Waals surface area contributed by atoms with E-state index in [0.717, 1.165) is 0 Å². The van der Waals surface area contributed by atoms with E-state index in [2.05, 4.69) is 77.9 Å². The smallest absolute Gasteiger partial charge is 0.282 e. The second-order valence-electron chi connectivity index (χ2n) is 10.7. The van der Waals surface area contributed by atoms with Crippen molar-refractivity contribution in [1.82, 2.24) is 0 Å². The molecule has 3 aromatic rings. The van der Waals surface area contributed by atoms with Crippen LogP contribution in [0.5, 0.6) is 0 Å². The van der Waals surface area contributed by atoms with Crippen LogP contribution in [0.15, 0.2) is 65.6 Å². The second-order valence-corrected chi connectivity index (χ2v) is 13.4. The van der Waals surface area contributed by atoms with Gasteiger partial charge < -0.3 is 0 Å². The molecule has 0 bridgehead atoms. The summed E-state index contributed by atoms with van der Waals surface area (Å²) < 4.78 is 33.9. The van der Waals surface area contributed by atoms with Gasteiger partial charge in [0.25, 0.3) is 10.1 Å². The van der Waals surface area contributed by atoms with Crippen LogP contribution >= 0.6 is 8.58 Å². The van der Waals surface area contributed by atoms with Crippen molar-refractivity contribution >= 4 is 24.0 Å². The molecule has 32 heavy (non-hydrogen) atoms. The Morgan fingerprint density at radius 1 is 0.750 bits per heavy atom. The highest BCUT2D eigenvalue weighted by atomic mass is 32.2. The first-order valence-electron chi connectivity index (χ1n) is 10.9. The molecule has 5 heteroatoms. The monoisotopic (exact) mass is 466 g/mol. The molecule has 0 heterocycles. The Labute approximate surface area is 193 Å². The molecule has 3 aromatic carbocycles. The molecule has 0 fully saturated rings. The molecule has 1 aliphatic rings. The van der Waals surface area contributed by atoms with Crippen LogP contribution in [0.25, 0.3) is 11.1 Å². The summed E-state index contributed by atoms with van der Waals surface area (Å²) >= 11 is 0. The van der Waals surface area contributed by atoms with Crippen molar-refractivity contribution in [2.24, 2.45) is 0 Å². The number of hydrogen-bond donors (Lipinski definition) is 1. The summed E-state index contributed by atoms with van der Waals surface area (Å²) in [5.41, 5.74) is 7.51. The molecule has 0 aliphatic heterocycles. The average Bonchev–Trinajstić information content (AvgIpc) is 2.99. The molecule has 0 saturated heterocycles. The van der Waals surface area contributed by atoms with E-state index in [0.29, 0.717) is 5.30 Å². The maximum absolute atomic E-state index is 12.0. The van der Waals surface area contributed by atoms with Crippen LogP contribution in [0.1, 0.15) is 69.5 Å². The van der Waals surface area contributed by atoms with Gasteiger partial charge in [-0.15, -0.1) is 0 Å². The lowest BCUT2D eigenvalue weighted by Gasteiger charge is -2.23. The van der Waals surface area contributed by atoms with Crippen molar-refractivity contribution < 1.29 is 13.0 Å². The van der Waals surface area contributed by atoms with E-state index in [-0.39, 0.29) is 30.0 Å². The van der Waals surface area contributed by atoms with Crippen LogP contribution in [0, 0.1) is 0 Å². The van der Waals surface area contributed by atoms with Crippen molar-refractivity contribution in [1.29, 1.82) is 0 Å². The second kappa shape index (κ2) is 7.80. The van der Waals surface area contributed by atoms with Crippen LogP contribution in [0.2, 0.25) is 0 Å². The summed E-state index contributed by atoms with van der Waals surface area (Å²) in [7, 11) is -4.10. The summed E-state index contributed by atoms with van der Waals surface area (Å²) in [6.07, 6.45) is 0. The maximum Gasteiger partial charge on any atom is 0.295 e. The minimum absolute atomic E-state index is 0.00675. The third-order valence-corrected chi connectivity index (χ3v) is 8.96. The molecule has 0 amide bonds. The van der Waals surface area contributed by atoms with Crippen LogP contribution in [-0.2, 0) is 20.9 Å². The summed E-state index contributed by atoms with van der Waals surface area (Å²) in [4.78, 5) is 0.00675. The Hall–Kier alpha value is -2.00. The van der Waals surface area contributed by atoms with Gasteiger partial charge in [0.05, 0.1) is 0 Å². The van der Waals surface area contributed by atoms with Crippen molar-refractivity contribution in [3.05, 3.63) is 82.9 Å². The van der Waals surface area contributed by atoms with Gasteiger partial charge in [-0.3, -0.25) is 4.55 Å². The van der Waals surface area contributed by atoms with Crippen LogP contribution in [0.3, 0.4) is 0 Å². The Morgan fingerprint density at radius 3 is 1.66 bits per heavy atom. The Kier molecular flexibility index (Phi) is 5.65. The Balaban J connectivity index is 1.92. The molecule has 1 N–H and O–H groups in total. The lowest BCUT2D eigenvalue weighted by atomic mass is 9.85. The summed E-state index contributed by atoms with van der Waals surface area (Å²) in [5.74, 6) is 0. The van der Waals surface area contributed by atoms with Gasteiger partial charge in [-0.25, -0.2) is 0 Å². The van der Waals surface area contributed by atoms with E-state index in [1.807, 2.05) is 12.1 Å². The molecule has 1 aliphatic carbocycles. The fraction of sp³-hybridized carbons (Fsp3) is 0.333. The molecule has 168 valence electrons. The fourth-order valence-electron chi connectivity index (χ4n) is 4.32. The van der Waals surface area contributed by atoms with E-state index in [4.69, 9.17) is 0 Å². The lowest BCUT2D eigenvalue weighted by molar-refractivity contribution is 0.484. The minimum atomic E-state index is -4.29. The van der Waals surface area contributed by atoms with Gasteiger partial charge in [0.15, 0.2) is 0 Å². The zero-order valence-electron chi connectivity index (χ0n) is 19.5. The van der Waals surface area contributed by atoms with Crippen molar-refractivity contribution in [2.45, 2.75) is 62.9 Å². The van der Waals surface area contributed by atoms with Crippen molar-refractivity contribution in [2.75, 3.05) is 0 Å². The fourth-order valence-corrected chi connectivity index (χ4v) is 6.99. The predicted molar refractivity (Wildman–Crippen MR) is 135 cm³/mol. The van der Waals surface area contributed by atoms with E-state index >= 15 is 0 Å². The molecular formula is C27H31O3PS. The number of fused-ring (bicyclic) bond motifs is 3. The van der Waals surface area contributed by atoms with Gasteiger partial charge in [0.2, 0.25) is 0 Å². The first-order chi connectivity index (χ1) is 14.8. The molecular weight excluding hydrogens is 435 g/mol. The van der Waals surface area contributed by atoms with Gasteiger partial charge in [-0.2, -0.15) is 8.42 Å². The minimum Gasteiger partial charge on any atom is -0.282 e. The zero-order chi connectivity index (χ0) is 23.5. The first-order valence-corrected chi connectivity index (χ1v) is 13.4. The number of benzene rings is 3. The van der Waals surface area contributed by atoms with Gasteiger partial charge in [0, 0.05) is 5.66 Å². The molecule has 0 aromatic heterocycles. The standard InChI is InChI=1S/C27H31O3PS/c1-26(2,3)17-11-13-19-20-14-12-18(27(4,5)6)16-22(20)25(21(19)15-17)31-23-9-7-8-10-24(23)32(28,29)30/h7-16,25,31H,1-6H3,(H,28,29,30). The highest BCUT2D eigenvalue weighted by molar-refractivity contribution is 7.86. The van der Waals surface area contributed by atoms with Crippen LogP contribution in [-0.4, -0.2) is 13.0 Å². The molecule has 3 nitrogen and oxygen atoms in total. The van der Waals surface area contributed by atoms with Crippen LogP contribution < -0.4 is 5.30 Å². The van der Waals surface area contributed by atoms with Gasteiger partial charge >= 0.3 is 0 Å². The molecule has 0 radical (unpaired) electrons. The molecule has 0 spiro atoms. The summed E-state index contributed by atoms with van der Waals surface area (Å²) in [5, 5.41) is 0.668. The number of rotatable bonds is 3. The largest absolute Gasteiger partial charge is 0.295 e. The van der Waals surface area contributed by atoms with Crippen molar-refractivity contribution in [3.63, 3.8) is 0 Å². The predicted octanol–water partition coefficient (Wildman–Crippen LogP) is 6.60. The van der Waals surface area contributed by atoms with Crippen LogP contribution in [0.4, 0.5) is 0 Å². The third kappa shape index (κ3) is 4.29. The first kappa shape index (κ1) is 23.2. The third-order valence-electron chi connectivity index (χ3n) is 6.21. The quantitative estimate of drug-likeness (QED) is 0.349. The maximum atomic E-state index is 12.0. The van der Waals surface area contributed by atoms with Gasteiger partial charge in [-0.1, -0.05) is 105 Å². The van der Waals surface area contributed by atoms with E-state index in [1.165, 1.54) is 39.4 Å². The summed E-state index contributed by atoms with van der Waals surface area (Å²) in [6, 6.07) is 20.2. The Bertz CT molecular complexity index is 1230. The topological polar surface area (TPSA) is 54.4 Å². The molecule has 4 rings (SSSR count). The van der Waals surface area contributed by atoms with E-state index in [1.54, 1.807) is 6.07 Å². The number of hydrogen-bond acceptors (Lipinski definition) is 2. The molecule has 1 atom stereocenters. The molecule has 1 unspecified atom stereocenters. The van der Waals surface area contributed by atoms with Gasteiger partial charge in [-0.05, 0) is 55.6 Å². The normalized spacial score (nSPS) is 14.7. The molecule has 0 saturated carbocycles. The SMILES string of the molecule is CC(C)(C)c1ccc2c(c1)C(Pc1ccccc1S(=O)(=O)O)c1cc(C(C)(C)C)ccc1-2. The van der Waals surface area contributed by atoms with Gasteiger partial charge in [0.1, 0.15) is 4.90 Å². The van der Waals surface area contributed by atoms with E-state index in [9.17, 15) is 13.0 Å². The van der Waals surface area contributed by atoms with Crippen molar-refractivity contribution in [3.8, 4) is 11.1 Å². The highest BCUT2D eigenvalue weighted by Gasteiger charge is 2.32. The zero-order valence-corrected chi connectivity index (χ0v) is 21.3. The van der Waals surface area contributed by atoms with E-state index < -0.39 is 10.1 Å². The Morgan fingerprint density at radius 2 is 1.22 bits per heavy atom. The average molecular weight is 467 g/mol. The summed E-state index contributed by atoms with van der Waals surface area (Å²) in [6.45, 7) is 13.2. The lowest BCUT2D eigenvalue weighted by Crippen LogP contribution is -2.14.